The standard InChI is InChI=1S/C17H12ClFN4O2/c18-13-4-2-1-3-10(13)9-22-15-14(20-21-22)16(24)23(17(15)25)12-7-5-11(19)6-8-12/h1-8,14-15H,9H2. The minimum atomic E-state index is -0.889. The second kappa shape index (κ2) is 5.93. The van der Waals surface area contributed by atoms with Crippen LogP contribution in [0.15, 0.2) is 58.9 Å². The van der Waals surface area contributed by atoms with Crippen LogP contribution in [0.2, 0.25) is 5.02 Å². The summed E-state index contributed by atoms with van der Waals surface area (Å²) < 4.78 is 13.1. The summed E-state index contributed by atoms with van der Waals surface area (Å²) in [5.74, 6) is -1.34. The average molecular weight is 359 g/mol. The average Bonchev–Trinajstić information content (AvgIpc) is 3.12. The van der Waals surface area contributed by atoms with Crippen molar-refractivity contribution in [3.8, 4) is 0 Å². The van der Waals surface area contributed by atoms with E-state index in [-0.39, 0.29) is 6.54 Å². The van der Waals surface area contributed by atoms with Gasteiger partial charge in [-0.25, -0.2) is 9.29 Å². The number of fused-ring (bicyclic) bond motifs is 1. The van der Waals surface area contributed by atoms with Crippen molar-refractivity contribution in [3.05, 3.63) is 64.9 Å². The fourth-order valence-electron chi connectivity index (χ4n) is 3.00. The zero-order valence-corrected chi connectivity index (χ0v) is 13.6. The fourth-order valence-corrected chi connectivity index (χ4v) is 3.20. The van der Waals surface area contributed by atoms with Crippen LogP contribution in [0.5, 0.6) is 0 Å². The molecule has 0 saturated carbocycles. The normalized spacial score (nSPS) is 22.0. The highest BCUT2D eigenvalue weighted by Gasteiger charge is 2.54. The highest BCUT2D eigenvalue weighted by atomic mass is 35.5. The van der Waals surface area contributed by atoms with E-state index in [0.29, 0.717) is 10.7 Å². The molecule has 2 aliphatic rings. The van der Waals surface area contributed by atoms with E-state index < -0.39 is 29.7 Å². The van der Waals surface area contributed by atoms with Gasteiger partial charge in [0.15, 0.2) is 12.1 Å². The molecule has 0 aliphatic carbocycles. The van der Waals surface area contributed by atoms with E-state index in [1.807, 2.05) is 12.1 Å². The quantitative estimate of drug-likeness (QED) is 0.792. The lowest BCUT2D eigenvalue weighted by Gasteiger charge is -2.21. The van der Waals surface area contributed by atoms with Crippen molar-refractivity contribution >= 4 is 29.1 Å². The van der Waals surface area contributed by atoms with Crippen LogP contribution in [0.1, 0.15) is 5.56 Å². The smallest absolute Gasteiger partial charge is 0.263 e. The van der Waals surface area contributed by atoms with E-state index in [0.717, 1.165) is 10.5 Å². The molecule has 0 N–H and O–H groups in total. The van der Waals surface area contributed by atoms with Crippen molar-refractivity contribution in [2.24, 2.45) is 10.3 Å². The summed E-state index contributed by atoms with van der Waals surface area (Å²) in [5, 5.41) is 9.94. The summed E-state index contributed by atoms with van der Waals surface area (Å²) in [4.78, 5) is 26.4. The van der Waals surface area contributed by atoms with Crippen LogP contribution in [0.4, 0.5) is 10.1 Å². The number of halogens is 2. The zero-order chi connectivity index (χ0) is 17.6. The van der Waals surface area contributed by atoms with Crippen molar-refractivity contribution in [1.82, 2.24) is 5.01 Å². The van der Waals surface area contributed by atoms with Gasteiger partial charge in [-0.05, 0) is 35.9 Å². The van der Waals surface area contributed by atoms with Gasteiger partial charge < -0.3 is 0 Å². The molecule has 25 heavy (non-hydrogen) atoms. The maximum Gasteiger partial charge on any atom is 0.263 e. The Morgan fingerprint density at radius 2 is 1.76 bits per heavy atom. The van der Waals surface area contributed by atoms with Crippen LogP contribution >= 0.6 is 11.6 Å². The Kier molecular flexibility index (Phi) is 3.73. The number of amides is 2. The number of nitrogens with zero attached hydrogens (tertiary/aromatic N) is 4. The lowest BCUT2D eigenvalue weighted by Crippen LogP contribution is -2.39. The third-order valence-corrected chi connectivity index (χ3v) is 4.60. The minimum Gasteiger partial charge on any atom is -0.271 e. The highest BCUT2D eigenvalue weighted by Crippen LogP contribution is 2.33. The topological polar surface area (TPSA) is 65.3 Å². The minimum absolute atomic E-state index is 0.265. The molecule has 2 aliphatic heterocycles. The van der Waals surface area contributed by atoms with E-state index in [4.69, 9.17) is 11.6 Å². The van der Waals surface area contributed by atoms with Gasteiger partial charge in [0, 0.05) is 5.02 Å². The van der Waals surface area contributed by atoms with Crippen LogP contribution in [0.25, 0.3) is 0 Å². The first kappa shape index (κ1) is 15.7. The monoisotopic (exact) mass is 358 g/mol. The molecule has 0 aromatic heterocycles. The molecule has 2 amide bonds. The molecule has 4 rings (SSSR count). The van der Waals surface area contributed by atoms with Gasteiger partial charge in [-0.15, -0.1) is 0 Å². The molecule has 0 spiro atoms. The van der Waals surface area contributed by atoms with Gasteiger partial charge in [0.25, 0.3) is 11.8 Å². The van der Waals surface area contributed by atoms with E-state index in [2.05, 4.69) is 10.3 Å². The molecule has 1 saturated heterocycles. The van der Waals surface area contributed by atoms with Crippen molar-refractivity contribution in [2.75, 3.05) is 4.90 Å². The number of carbonyl (C=O) groups is 2. The fraction of sp³-hybridized carbons (Fsp3) is 0.176. The Labute approximate surface area is 147 Å². The Hall–Kier alpha value is -2.80. The second-order valence-corrected chi connectivity index (χ2v) is 6.18. The number of anilines is 1. The Balaban J connectivity index is 1.62. The number of hydrogen-bond donors (Lipinski definition) is 0. The second-order valence-electron chi connectivity index (χ2n) is 5.77. The van der Waals surface area contributed by atoms with Gasteiger partial charge in [-0.3, -0.25) is 14.6 Å². The molecule has 126 valence electrons. The number of hydrogen-bond acceptors (Lipinski definition) is 5. The molecule has 0 radical (unpaired) electrons. The van der Waals surface area contributed by atoms with Crippen molar-refractivity contribution in [3.63, 3.8) is 0 Å². The molecule has 2 aromatic carbocycles. The number of rotatable bonds is 3. The summed E-state index contributed by atoms with van der Waals surface area (Å²) in [6.45, 7) is 0.265. The largest absolute Gasteiger partial charge is 0.271 e. The molecule has 2 aromatic rings. The predicted octanol–water partition coefficient (Wildman–Crippen LogP) is 2.97. The molecule has 6 nitrogen and oxygen atoms in total. The highest BCUT2D eigenvalue weighted by molar-refractivity contribution is 6.31. The maximum absolute atomic E-state index is 13.1. The number of benzene rings is 2. The molecule has 8 heteroatoms. The molecule has 2 atom stereocenters. The zero-order valence-electron chi connectivity index (χ0n) is 12.8. The third-order valence-electron chi connectivity index (χ3n) is 4.23. The molecular weight excluding hydrogens is 347 g/mol. The van der Waals surface area contributed by atoms with Crippen LogP contribution in [-0.4, -0.2) is 28.9 Å². The summed E-state index contributed by atoms with van der Waals surface area (Å²) in [6, 6.07) is 10.7. The van der Waals surface area contributed by atoms with Crippen molar-refractivity contribution < 1.29 is 14.0 Å². The summed E-state index contributed by atoms with van der Waals surface area (Å²) in [5.41, 5.74) is 1.10. The van der Waals surface area contributed by atoms with Crippen LogP contribution < -0.4 is 4.90 Å². The van der Waals surface area contributed by atoms with Gasteiger partial charge in [-0.2, -0.15) is 5.11 Å². The Morgan fingerprint density at radius 3 is 2.48 bits per heavy atom. The van der Waals surface area contributed by atoms with Crippen LogP contribution in [0, 0.1) is 5.82 Å². The predicted molar refractivity (Wildman–Crippen MR) is 88.3 cm³/mol. The van der Waals surface area contributed by atoms with E-state index in [1.54, 1.807) is 12.1 Å². The van der Waals surface area contributed by atoms with Gasteiger partial charge in [0.05, 0.1) is 12.2 Å². The molecule has 0 bridgehead atoms. The molecule has 2 heterocycles. The van der Waals surface area contributed by atoms with Gasteiger partial charge in [-0.1, -0.05) is 35.0 Å². The maximum atomic E-state index is 13.1. The Morgan fingerprint density at radius 1 is 1.04 bits per heavy atom. The van der Waals surface area contributed by atoms with Gasteiger partial charge in [0.2, 0.25) is 0 Å². The first-order chi connectivity index (χ1) is 12.1. The third kappa shape index (κ3) is 2.56. The number of carbonyl (C=O) groups excluding carboxylic acids is 2. The van der Waals surface area contributed by atoms with Crippen LogP contribution in [-0.2, 0) is 16.1 Å². The lowest BCUT2D eigenvalue weighted by atomic mass is 10.1. The number of imide groups is 1. The van der Waals surface area contributed by atoms with Crippen molar-refractivity contribution in [1.29, 1.82) is 0 Å². The van der Waals surface area contributed by atoms with Crippen LogP contribution in [0.3, 0.4) is 0 Å². The molecule has 1 fully saturated rings. The van der Waals surface area contributed by atoms with Crippen molar-refractivity contribution in [2.45, 2.75) is 18.6 Å². The summed E-state index contributed by atoms with van der Waals surface area (Å²) in [7, 11) is 0. The SMILES string of the molecule is O=C1C2N=NN(Cc3ccccc3Cl)C2C(=O)N1c1ccc(F)cc1. The summed E-state index contributed by atoms with van der Waals surface area (Å²) >= 11 is 6.15. The molecule has 2 unspecified atom stereocenters. The van der Waals surface area contributed by atoms with E-state index >= 15 is 0 Å². The lowest BCUT2D eigenvalue weighted by molar-refractivity contribution is -0.123. The van der Waals surface area contributed by atoms with Gasteiger partial charge in [0.1, 0.15) is 5.82 Å². The van der Waals surface area contributed by atoms with E-state index in [9.17, 15) is 14.0 Å². The molecular formula is C17H12ClFN4O2. The first-order valence-electron chi connectivity index (χ1n) is 7.60. The van der Waals surface area contributed by atoms with Gasteiger partial charge >= 0.3 is 0 Å². The Bertz CT molecular complexity index is 886. The first-order valence-corrected chi connectivity index (χ1v) is 7.98. The summed E-state index contributed by atoms with van der Waals surface area (Å²) in [6.07, 6.45) is 0. The van der Waals surface area contributed by atoms with E-state index in [1.165, 1.54) is 29.3 Å².